The zero-order valence-electron chi connectivity index (χ0n) is 17.7. The smallest absolute Gasteiger partial charge is 0.252 e. The Morgan fingerprint density at radius 3 is 1.93 bits per heavy atom. The Morgan fingerprint density at radius 2 is 1.38 bits per heavy atom. The van der Waals surface area contributed by atoms with Crippen molar-refractivity contribution in [1.29, 1.82) is 0 Å². The van der Waals surface area contributed by atoms with E-state index in [0.29, 0.717) is 5.56 Å². The highest BCUT2D eigenvalue weighted by atomic mass is 79.9. The van der Waals surface area contributed by atoms with E-state index >= 15 is 0 Å². The van der Waals surface area contributed by atoms with Gasteiger partial charge in [-0.3, -0.25) is 4.79 Å². The van der Waals surface area contributed by atoms with Crippen LogP contribution in [0.3, 0.4) is 0 Å². The molecule has 0 saturated heterocycles. The van der Waals surface area contributed by atoms with Gasteiger partial charge in [-0.25, -0.2) is 0 Å². The lowest BCUT2D eigenvalue weighted by Gasteiger charge is -2.33. The van der Waals surface area contributed by atoms with Gasteiger partial charge in [-0.2, -0.15) is 0 Å². The lowest BCUT2D eigenvalue weighted by Crippen LogP contribution is -2.26. The second kappa shape index (κ2) is 10.3. The van der Waals surface area contributed by atoms with Crippen molar-refractivity contribution < 1.29 is 4.79 Å². The number of unbranched alkanes of at least 4 members (excludes halogenated alkanes) is 6. The third kappa shape index (κ3) is 4.80. The molecule has 0 fully saturated rings. The maximum Gasteiger partial charge on any atom is 0.252 e. The summed E-state index contributed by atoms with van der Waals surface area (Å²) in [6.45, 7) is 4.52. The van der Waals surface area contributed by atoms with Crippen molar-refractivity contribution in [3.05, 3.63) is 57.6 Å². The maximum absolute atomic E-state index is 11.9. The lowest BCUT2D eigenvalue weighted by atomic mass is 9.70. The molecule has 0 saturated carbocycles. The molecule has 0 atom stereocenters. The molecule has 3 heteroatoms. The Morgan fingerprint density at radius 1 is 0.828 bits per heavy atom. The summed E-state index contributed by atoms with van der Waals surface area (Å²) in [6.07, 6.45) is 12.3. The van der Waals surface area contributed by atoms with E-state index in [4.69, 9.17) is 11.6 Å². The highest BCUT2D eigenvalue weighted by molar-refractivity contribution is 9.10. The second-order valence-corrected chi connectivity index (χ2v) is 9.69. The average Bonchev–Trinajstić information content (AvgIpc) is 2.97. The van der Waals surface area contributed by atoms with Crippen LogP contribution in [0.4, 0.5) is 0 Å². The first kappa shape index (κ1) is 22.6. The molecule has 0 amide bonds. The molecule has 0 spiro atoms. The van der Waals surface area contributed by atoms with Crippen molar-refractivity contribution in [1.82, 2.24) is 0 Å². The van der Waals surface area contributed by atoms with Crippen LogP contribution in [0, 0.1) is 0 Å². The van der Waals surface area contributed by atoms with Gasteiger partial charge < -0.3 is 0 Å². The van der Waals surface area contributed by atoms with Gasteiger partial charge in [0.2, 0.25) is 0 Å². The normalized spacial score (nSPS) is 13.9. The summed E-state index contributed by atoms with van der Waals surface area (Å²) in [5.41, 5.74) is 5.93. The number of carbonyl (C=O) groups excluding carboxylic acids is 1. The number of benzene rings is 2. The van der Waals surface area contributed by atoms with E-state index in [-0.39, 0.29) is 10.7 Å². The number of halogens is 2. The molecule has 1 nitrogen and oxygen atoms in total. The van der Waals surface area contributed by atoms with Crippen LogP contribution >= 0.6 is 27.5 Å². The van der Waals surface area contributed by atoms with Gasteiger partial charge in [-0.1, -0.05) is 93.3 Å². The second-order valence-electron chi connectivity index (χ2n) is 8.43. The molecule has 156 valence electrons. The van der Waals surface area contributed by atoms with Gasteiger partial charge in [0.1, 0.15) is 0 Å². The van der Waals surface area contributed by atoms with Crippen LogP contribution in [-0.4, -0.2) is 5.24 Å². The van der Waals surface area contributed by atoms with Gasteiger partial charge >= 0.3 is 0 Å². The first-order chi connectivity index (χ1) is 14.0. The van der Waals surface area contributed by atoms with E-state index in [9.17, 15) is 4.79 Å². The first-order valence-corrected chi connectivity index (χ1v) is 12.4. The van der Waals surface area contributed by atoms with Gasteiger partial charge in [0.15, 0.2) is 0 Å². The molecule has 0 heterocycles. The summed E-state index contributed by atoms with van der Waals surface area (Å²) in [5, 5.41) is -0.365. The minimum atomic E-state index is -0.365. The molecule has 0 bridgehead atoms. The molecule has 0 radical (unpaired) electrons. The Kier molecular flexibility index (Phi) is 7.99. The third-order valence-electron chi connectivity index (χ3n) is 6.46. The fourth-order valence-corrected chi connectivity index (χ4v) is 5.44. The van der Waals surface area contributed by atoms with Crippen molar-refractivity contribution in [2.75, 3.05) is 0 Å². The molecule has 0 aromatic heterocycles. The monoisotopic (exact) mass is 474 g/mol. The fraction of sp³-hybridized carbons (Fsp3) is 0.500. The predicted octanol–water partition coefficient (Wildman–Crippen LogP) is 9.04. The van der Waals surface area contributed by atoms with Crippen molar-refractivity contribution in [3.8, 4) is 11.1 Å². The van der Waals surface area contributed by atoms with Crippen molar-refractivity contribution in [2.24, 2.45) is 0 Å². The van der Waals surface area contributed by atoms with E-state index in [1.807, 2.05) is 6.07 Å². The number of rotatable bonds is 11. The van der Waals surface area contributed by atoms with Crippen LogP contribution in [0.2, 0.25) is 0 Å². The lowest BCUT2D eigenvalue weighted by molar-refractivity contribution is 0.108. The van der Waals surface area contributed by atoms with Gasteiger partial charge in [0.05, 0.1) is 0 Å². The van der Waals surface area contributed by atoms with Crippen LogP contribution in [0.1, 0.15) is 99.5 Å². The zero-order valence-corrected chi connectivity index (χ0v) is 20.0. The average molecular weight is 476 g/mol. The first-order valence-electron chi connectivity index (χ1n) is 11.2. The van der Waals surface area contributed by atoms with Crippen molar-refractivity contribution in [2.45, 2.75) is 83.5 Å². The highest BCUT2D eigenvalue weighted by Crippen LogP contribution is 2.55. The van der Waals surface area contributed by atoms with Crippen molar-refractivity contribution in [3.63, 3.8) is 0 Å². The summed E-state index contributed by atoms with van der Waals surface area (Å²) in [7, 11) is 0. The zero-order chi connectivity index (χ0) is 20.9. The van der Waals surface area contributed by atoms with Crippen LogP contribution in [-0.2, 0) is 5.41 Å². The van der Waals surface area contributed by atoms with Crippen LogP contribution < -0.4 is 0 Å². The number of carbonyl (C=O) groups is 1. The quantitative estimate of drug-likeness (QED) is 0.234. The summed E-state index contributed by atoms with van der Waals surface area (Å²) in [5.74, 6) is 0. The fourth-order valence-electron chi connectivity index (χ4n) is 4.96. The third-order valence-corrected chi connectivity index (χ3v) is 7.18. The van der Waals surface area contributed by atoms with E-state index in [2.05, 4.69) is 60.1 Å². The molecule has 2 aromatic rings. The topological polar surface area (TPSA) is 17.1 Å². The summed E-state index contributed by atoms with van der Waals surface area (Å²) >= 11 is 9.59. The number of fused-ring (bicyclic) bond motifs is 3. The molecule has 1 aliphatic carbocycles. The van der Waals surface area contributed by atoms with Crippen LogP contribution in [0.5, 0.6) is 0 Å². The minimum absolute atomic E-state index is 0.0156. The van der Waals surface area contributed by atoms with Crippen LogP contribution in [0.15, 0.2) is 40.9 Å². The summed E-state index contributed by atoms with van der Waals surface area (Å²) in [4.78, 5) is 11.9. The molecular formula is C26H32BrClO. The predicted molar refractivity (Wildman–Crippen MR) is 128 cm³/mol. The van der Waals surface area contributed by atoms with Gasteiger partial charge in [-0.15, -0.1) is 0 Å². The largest absolute Gasteiger partial charge is 0.276 e. The minimum Gasteiger partial charge on any atom is -0.276 e. The molecule has 29 heavy (non-hydrogen) atoms. The summed E-state index contributed by atoms with van der Waals surface area (Å²) < 4.78 is 1.13. The van der Waals surface area contributed by atoms with Gasteiger partial charge in [0.25, 0.3) is 5.24 Å². The molecule has 0 aliphatic heterocycles. The Balaban J connectivity index is 2.08. The van der Waals surface area contributed by atoms with Crippen LogP contribution in [0.25, 0.3) is 11.1 Å². The molecule has 0 unspecified atom stereocenters. The SMILES string of the molecule is CCCCCCC1(CCCCCC)c2cc(Br)ccc2-c2ccc(C(=O)Cl)cc21. The molecule has 2 aromatic carbocycles. The van der Waals surface area contributed by atoms with E-state index in [1.54, 1.807) is 0 Å². The van der Waals surface area contributed by atoms with Gasteiger partial charge in [-0.05, 0) is 71.0 Å². The maximum atomic E-state index is 11.9. The Labute approximate surface area is 189 Å². The standard InChI is InChI=1S/C26H32BrClO/c1-3-5-7-9-15-26(16-10-8-6-4-2)23-17-19(25(28)29)11-13-21(23)22-14-12-20(27)18-24(22)26/h11-14,17-18H,3-10,15-16H2,1-2H3. The number of hydrogen-bond donors (Lipinski definition) is 0. The molecule has 1 aliphatic rings. The van der Waals surface area contributed by atoms with E-state index in [0.717, 1.165) is 17.3 Å². The van der Waals surface area contributed by atoms with Crippen molar-refractivity contribution >= 4 is 32.8 Å². The molecule has 0 N–H and O–H groups in total. The molecule has 3 rings (SSSR count). The molecular weight excluding hydrogens is 444 g/mol. The highest BCUT2D eigenvalue weighted by Gasteiger charge is 2.42. The van der Waals surface area contributed by atoms with E-state index < -0.39 is 0 Å². The Hall–Kier alpha value is -1.12. The number of hydrogen-bond acceptors (Lipinski definition) is 1. The van der Waals surface area contributed by atoms with Gasteiger partial charge in [0, 0.05) is 15.5 Å². The van der Waals surface area contributed by atoms with E-state index in [1.165, 1.54) is 73.6 Å². The Bertz CT molecular complexity index is 846. The summed E-state index contributed by atoms with van der Waals surface area (Å²) in [6, 6.07) is 12.8.